The molecule has 0 radical (unpaired) electrons. The molecule has 0 aliphatic heterocycles. The van der Waals surface area contributed by atoms with E-state index < -0.39 is 0 Å². The van der Waals surface area contributed by atoms with Gasteiger partial charge in [0.2, 0.25) is 0 Å². The Morgan fingerprint density at radius 2 is 2.15 bits per heavy atom. The summed E-state index contributed by atoms with van der Waals surface area (Å²) >= 11 is 0. The third kappa shape index (κ3) is 5.14. The minimum absolute atomic E-state index is 0.510. The molecule has 1 aliphatic rings. The molecule has 0 unspecified atom stereocenters. The summed E-state index contributed by atoms with van der Waals surface area (Å²) in [7, 11) is 0. The van der Waals surface area contributed by atoms with E-state index in [2.05, 4.69) is 49.2 Å². The van der Waals surface area contributed by atoms with Crippen molar-refractivity contribution in [3.63, 3.8) is 0 Å². The topological polar surface area (TPSA) is 24.5 Å². The Kier molecular flexibility index (Phi) is 5.86. The quantitative estimate of drug-likeness (QED) is 0.750. The molecule has 1 aliphatic carbocycles. The van der Waals surface area contributed by atoms with Crippen LogP contribution >= 0.6 is 0 Å². The molecule has 1 N–H and O–H groups in total. The summed E-state index contributed by atoms with van der Waals surface area (Å²) < 4.78 is 5.89. The Bertz CT molecular complexity index is 402. The number of benzene rings is 1. The lowest BCUT2D eigenvalue weighted by molar-refractivity contribution is 0.209. The molecule has 1 fully saturated rings. The normalized spacial score (nSPS) is 15.1. The van der Waals surface area contributed by atoms with Crippen LogP contribution in [0.25, 0.3) is 0 Å². The molecule has 1 aromatic rings. The van der Waals surface area contributed by atoms with Crippen LogP contribution < -0.4 is 10.1 Å². The zero-order valence-corrected chi connectivity index (χ0v) is 13.1. The van der Waals surface area contributed by atoms with Crippen LogP contribution in [0.1, 0.15) is 39.2 Å². The van der Waals surface area contributed by atoms with Crippen molar-refractivity contribution in [1.29, 1.82) is 0 Å². The molecule has 0 spiro atoms. The van der Waals surface area contributed by atoms with Crippen molar-refractivity contribution in [2.45, 2.75) is 52.2 Å². The van der Waals surface area contributed by atoms with Crippen molar-refractivity contribution in [2.24, 2.45) is 0 Å². The number of nitrogens with zero attached hydrogens (tertiary/aromatic N) is 1. The third-order valence-corrected chi connectivity index (χ3v) is 3.73. The van der Waals surface area contributed by atoms with Crippen LogP contribution in [0.2, 0.25) is 0 Å². The van der Waals surface area contributed by atoms with E-state index in [0.29, 0.717) is 6.04 Å². The smallest absolute Gasteiger partial charge is 0.119 e. The molecule has 112 valence electrons. The van der Waals surface area contributed by atoms with Gasteiger partial charge in [0.05, 0.1) is 0 Å². The molecular formula is C17H28N2O. The molecule has 1 saturated carbocycles. The van der Waals surface area contributed by atoms with Gasteiger partial charge in [-0.3, -0.25) is 4.90 Å². The molecular weight excluding hydrogens is 248 g/mol. The number of nitrogens with one attached hydrogen (secondary N) is 1. The lowest BCUT2D eigenvalue weighted by atomic mass is 10.2. The predicted octanol–water partition coefficient (Wildman–Crippen LogP) is 3.05. The van der Waals surface area contributed by atoms with Crippen molar-refractivity contribution in [2.75, 3.05) is 19.7 Å². The molecule has 0 heterocycles. The number of rotatable bonds is 9. The fraction of sp³-hybridized carbons (Fsp3) is 0.647. The Labute approximate surface area is 123 Å². The summed E-state index contributed by atoms with van der Waals surface area (Å²) in [5, 5.41) is 3.43. The van der Waals surface area contributed by atoms with Crippen molar-refractivity contribution in [1.82, 2.24) is 10.2 Å². The molecule has 0 atom stereocenters. The third-order valence-electron chi connectivity index (χ3n) is 3.73. The fourth-order valence-electron chi connectivity index (χ4n) is 2.39. The molecule has 1 aromatic carbocycles. The predicted molar refractivity (Wildman–Crippen MR) is 84.2 cm³/mol. The summed E-state index contributed by atoms with van der Waals surface area (Å²) in [4.78, 5) is 2.52. The fourth-order valence-corrected chi connectivity index (χ4v) is 2.39. The second-order valence-corrected chi connectivity index (χ2v) is 5.89. The van der Waals surface area contributed by atoms with Gasteiger partial charge in [0.15, 0.2) is 0 Å². The van der Waals surface area contributed by atoms with Gasteiger partial charge in [-0.05, 0) is 37.1 Å². The van der Waals surface area contributed by atoms with Crippen LogP contribution in [-0.2, 0) is 6.54 Å². The molecule has 3 nitrogen and oxygen atoms in total. The number of ether oxygens (including phenoxy) is 1. The zero-order chi connectivity index (χ0) is 14.4. The van der Waals surface area contributed by atoms with Gasteiger partial charge >= 0.3 is 0 Å². The summed E-state index contributed by atoms with van der Waals surface area (Å²) in [6, 6.07) is 9.74. The van der Waals surface area contributed by atoms with E-state index in [-0.39, 0.29) is 0 Å². The van der Waals surface area contributed by atoms with E-state index in [1.807, 2.05) is 6.07 Å². The highest BCUT2D eigenvalue weighted by Gasteiger charge is 2.27. The van der Waals surface area contributed by atoms with Gasteiger partial charge < -0.3 is 10.1 Å². The van der Waals surface area contributed by atoms with Gasteiger partial charge in [-0.1, -0.05) is 32.9 Å². The Balaban J connectivity index is 1.75. The Hall–Kier alpha value is -1.06. The first-order valence-corrected chi connectivity index (χ1v) is 7.88. The molecule has 3 heteroatoms. The first-order chi connectivity index (χ1) is 9.69. The molecule has 0 amide bonds. The first-order valence-electron chi connectivity index (χ1n) is 7.88. The van der Waals surface area contributed by atoms with Crippen molar-refractivity contribution in [3.05, 3.63) is 29.8 Å². The summed E-state index contributed by atoms with van der Waals surface area (Å²) in [6.07, 6.45) is 2.73. The molecule has 0 bridgehead atoms. The van der Waals surface area contributed by atoms with Crippen LogP contribution in [0.3, 0.4) is 0 Å². The van der Waals surface area contributed by atoms with E-state index in [1.165, 1.54) is 18.4 Å². The van der Waals surface area contributed by atoms with Crippen LogP contribution in [0, 0.1) is 0 Å². The number of likely N-dealkylation sites (N-methyl/N-ethyl adjacent to an activating group) is 1. The zero-order valence-electron chi connectivity index (χ0n) is 13.1. The molecule has 0 aromatic heterocycles. The number of hydrogen-bond donors (Lipinski definition) is 1. The standard InChI is InChI=1S/C17H28N2O/c1-4-19(16-8-9-16)10-11-20-17-7-5-6-15(12-17)13-18-14(2)3/h5-7,12,14,16,18H,4,8-11,13H2,1-3H3. The van der Waals surface area contributed by atoms with Crippen LogP contribution in [-0.4, -0.2) is 36.7 Å². The summed E-state index contributed by atoms with van der Waals surface area (Å²) in [5.74, 6) is 0.986. The van der Waals surface area contributed by atoms with Gasteiger partial charge in [0, 0.05) is 25.2 Å². The van der Waals surface area contributed by atoms with E-state index in [9.17, 15) is 0 Å². The van der Waals surface area contributed by atoms with E-state index in [4.69, 9.17) is 4.74 Å². The lowest BCUT2D eigenvalue weighted by Crippen LogP contribution is -2.30. The summed E-state index contributed by atoms with van der Waals surface area (Å²) in [5.41, 5.74) is 1.28. The highest BCUT2D eigenvalue weighted by Crippen LogP contribution is 2.26. The maximum atomic E-state index is 5.89. The first kappa shape index (κ1) is 15.3. The Morgan fingerprint density at radius 3 is 2.80 bits per heavy atom. The van der Waals surface area contributed by atoms with E-state index in [0.717, 1.165) is 38.0 Å². The van der Waals surface area contributed by atoms with Crippen molar-refractivity contribution < 1.29 is 4.74 Å². The van der Waals surface area contributed by atoms with Gasteiger partial charge in [0.1, 0.15) is 12.4 Å². The average Bonchev–Trinajstić information content (AvgIpc) is 3.26. The van der Waals surface area contributed by atoms with Gasteiger partial charge in [-0.2, -0.15) is 0 Å². The van der Waals surface area contributed by atoms with Crippen molar-refractivity contribution >= 4 is 0 Å². The van der Waals surface area contributed by atoms with Crippen LogP contribution in [0.15, 0.2) is 24.3 Å². The highest BCUT2D eigenvalue weighted by atomic mass is 16.5. The largest absolute Gasteiger partial charge is 0.492 e. The monoisotopic (exact) mass is 276 g/mol. The molecule has 20 heavy (non-hydrogen) atoms. The number of hydrogen-bond acceptors (Lipinski definition) is 3. The van der Waals surface area contributed by atoms with Crippen molar-refractivity contribution in [3.8, 4) is 5.75 Å². The van der Waals surface area contributed by atoms with E-state index >= 15 is 0 Å². The van der Waals surface area contributed by atoms with E-state index in [1.54, 1.807) is 0 Å². The molecule has 2 rings (SSSR count). The van der Waals surface area contributed by atoms with Crippen LogP contribution in [0.5, 0.6) is 5.75 Å². The second kappa shape index (κ2) is 7.65. The lowest BCUT2D eigenvalue weighted by Gasteiger charge is -2.19. The maximum absolute atomic E-state index is 5.89. The molecule has 0 saturated heterocycles. The minimum Gasteiger partial charge on any atom is -0.492 e. The highest BCUT2D eigenvalue weighted by molar-refractivity contribution is 5.28. The van der Waals surface area contributed by atoms with Gasteiger partial charge in [-0.25, -0.2) is 0 Å². The van der Waals surface area contributed by atoms with Crippen LogP contribution in [0.4, 0.5) is 0 Å². The van der Waals surface area contributed by atoms with Gasteiger partial charge in [-0.15, -0.1) is 0 Å². The maximum Gasteiger partial charge on any atom is 0.119 e. The SMILES string of the molecule is CCN(CCOc1cccc(CNC(C)C)c1)C1CC1. The van der Waals surface area contributed by atoms with Gasteiger partial charge in [0.25, 0.3) is 0 Å². The Morgan fingerprint density at radius 1 is 1.35 bits per heavy atom. The average molecular weight is 276 g/mol. The minimum atomic E-state index is 0.510. The summed E-state index contributed by atoms with van der Waals surface area (Å²) in [6.45, 7) is 10.4. The second-order valence-electron chi connectivity index (χ2n) is 5.89.